The number of rotatable bonds is 6. The maximum absolute atomic E-state index is 12.2. The van der Waals surface area contributed by atoms with Crippen molar-refractivity contribution >= 4 is 23.3 Å². The highest BCUT2D eigenvalue weighted by atomic mass is 16.6. The predicted octanol–water partition coefficient (Wildman–Crippen LogP) is 4.37. The summed E-state index contributed by atoms with van der Waals surface area (Å²) >= 11 is 0. The van der Waals surface area contributed by atoms with E-state index in [9.17, 15) is 19.7 Å². The van der Waals surface area contributed by atoms with Crippen molar-refractivity contribution in [2.75, 3.05) is 11.9 Å². The number of hydrogen-bond acceptors (Lipinski definition) is 5. The molecule has 3 aromatic carbocycles. The van der Waals surface area contributed by atoms with Gasteiger partial charge in [0, 0.05) is 11.3 Å². The van der Waals surface area contributed by atoms with E-state index in [0.29, 0.717) is 11.3 Å². The molecule has 0 heterocycles. The number of benzene rings is 3. The van der Waals surface area contributed by atoms with Gasteiger partial charge in [0.15, 0.2) is 6.61 Å². The van der Waals surface area contributed by atoms with Crippen LogP contribution in [0.3, 0.4) is 0 Å². The SMILES string of the molecule is Cc1cccc(C(=O)OCC(=O)Nc2ccc(-c3ccccc3)cc2)c1[N+](=O)[O-]. The van der Waals surface area contributed by atoms with Crippen LogP contribution in [0, 0.1) is 17.0 Å². The minimum atomic E-state index is -0.921. The second-order valence-corrected chi connectivity index (χ2v) is 6.30. The lowest BCUT2D eigenvalue weighted by molar-refractivity contribution is -0.385. The summed E-state index contributed by atoms with van der Waals surface area (Å²) in [5.74, 6) is -1.46. The molecule has 1 amide bonds. The Morgan fingerprint density at radius 2 is 1.59 bits per heavy atom. The van der Waals surface area contributed by atoms with E-state index in [-0.39, 0.29) is 11.3 Å². The van der Waals surface area contributed by atoms with Gasteiger partial charge in [-0.1, -0.05) is 54.6 Å². The molecule has 0 saturated heterocycles. The molecule has 0 atom stereocenters. The number of ether oxygens (including phenoxy) is 1. The van der Waals surface area contributed by atoms with Gasteiger partial charge in [0.25, 0.3) is 11.6 Å². The van der Waals surface area contributed by atoms with Gasteiger partial charge in [-0.2, -0.15) is 0 Å². The zero-order valence-corrected chi connectivity index (χ0v) is 15.6. The van der Waals surface area contributed by atoms with Gasteiger partial charge in [-0.3, -0.25) is 14.9 Å². The smallest absolute Gasteiger partial charge is 0.345 e. The topological polar surface area (TPSA) is 98.5 Å². The third kappa shape index (κ3) is 4.84. The molecular weight excluding hydrogens is 372 g/mol. The first-order valence-corrected chi connectivity index (χ1v) is 8.82. The van der Waals surface area contributed by atoms with Crippen molar-refractivity contribution in [1.82, 2.24) is 0 Å². The molecule has 0 spiro atoms. The monoisotopic (exact) mass is 390 g/mol. The lowest BCUT2D eigenvalue weighted by atomic mass is 10.1. The van der Waals surface area contributed by atoms with Crippen LogP contribution in [0.1, 0.15) is 15.9 Å². The quantitative estimate of drug-likeness (QED) is 0.383. The Morgan fingerprint density at radius 3 is 2.24 bits per heavy atom. The summed E-state index contributed by atoms with van der Waals surface area (Å²) in [6, 6.07) is 21.4. The first-order valence-electron chi connectivity index (χ1n) is 8.82. The highest BCUT2D eigenvalue weighted by molar-refractivity contribution is 5.98. The number of hydrogen-bond donors (Lipinski definition) is 1. The standard InChI is InChI=1S/C22H18N2O5/c1-15-6-5-9-19(21(15)24(27)28)22(26)29-14-20(25)23-18-12-10-17(11-13-18)16-7-3-2-4-8-16/h2-13H,14H2,1H3,(H,23,25). The third-order valence-corrected chi connectivity index (χ3v) is 4.25. The highest BCUT2D eigenvalue weighted by Gasteiger charge is 2.24. The van der Waals surface area contributed by atoms with E-state index >= 15 is 0 Å². The van der Waals surface area contributed by atoms with E-state index in [4.69, 9.17) is 4.74 Å². The molecular formula is C22H18N2O5. The average molecular weight is 390 g/mol. The molecule has 0 aliphatic rings. The Morgan fingerprint density at radius 1 is 0.931 bits per heavy atom. The minimum Gasteiger partial charge on any atom is -0.452 e. The van der Waals surface area contributed by atoms with Crippen LogP contribution in [-0.2, 0) is 9.53 Å². The van der Waals surface area contributed by atoms with Crippen LogP contribution in [0.25, 0.3) is 11.1 Å². The number of aryl methyl sites for hydroxylation is 1. The molecule has 146 valence electrons. The Labute approximate surface area is 167 Å². The number of esters is 1. The molecule has 3 aromatic rings. The van der Waals surface area contributed by atoms with Gasteiger partial charge in [0.1, 0.15) is 5.56 Å². The summed E-state index contributed by atoms with van der Waals surface area (Å²) in [6.07, 6.45) is 0. The normalized spacial score (nSPS) is 10.2. The minimum absolute atomic E-state index is 0.185. The largest absolute Gasteiger partial charge is 0.452 e. The van der Waals surface area contributed by atoms with Crippen molar-refractivity contribution in [3.05, 3.63) is 94.0 Å². The van der Waals surface area contributed by atoms with Gasteiger partial charge in [0.05, 0.1) is 4.92 Å². The number of nitro groups is 1. The molecule has 3 rings (SSSR count). The van der Waals surface area contributed by atoms with Gasteiger partial charge in [-0.25, -0.2) is 4.79 Å². The molecule has 7 nitrogen and oxygen atoms in total. The number of carbonyl (C=O) groups is 2. The molecule has 0 radical (unpaired) electrons. The maximum Gasteiger partial charge on any atom is 0.345 e. The molecule has 0 aliphatic heterocycles. The summed E-state index contributed by atoms with van der Waals surface area (Å²) in [7, 11) is 0. The number of nitrogens with one attached hydrogen (secondary N) is 1. The Balaban J connectivity index is 1.60. The average Bonchev–Trinajstić information content (AvgIpc) is 2.72. The zero-order chi connectivity index (χ0) is 20.8. The molecule has 0 saturated carbocycles. The van der Waals surface area contributed by atoms with Crippen molar-refractivity contribution in [1.29, 1.82) is 0 Å². The zero-order valence-electron chi connectivity index (χ0n) is 15.6. The molecule has 0 fully saturated rings. The van der Waals surface area contributed by atoms with Crippen LogP contribution < -0.4 is 5.32 Å². The fourth-order valence-corrected chi connectivity index (χ4v) is 2.85. The van der Waals surface area contributed by atoms with E-state index < -0.39 is 23.4 Å². The van der Waals surface area contributed by atoms with E-state index in [1.54, 1.807) is 12.1 Å². The second kappa shape index (κ2) is 8.79. The fraction of sp³-hybridized carbons (Fsp3) is 0.0909. The molecule has 1 N–H and O–H groups in total. The second-order valence-electron chi connectivity index (χ2n) is 6.30. The molecule has 29 heavy (non-hydrogen) atoms. The Bertz CT molecular complexity index is 1050. The number of nitrogens with zero attached hydrogens (tertiary/aromatic N) is 1. The van der Waals surface area contributed by atoms with E-state index in [0.717, 1.165) is 11.1 Å². The fourth-order valence-electron chi connectivity index (χ4n) is 2.85. The van der Waals surface area contributed by atoms with E-state index in [1.807, 2.05) is 42.5 Å². The van der Waals surface area contributed by atoms with Gasteiger partial charge in [-0.15, -0.1) is 0 Å². The van der Waals surface area contributed by atoms with Gasteiger partial charge in [-0.05, 0) is 36.2 Å². The summed E-state index contributed by atoms with van der Waals surface area (Å²) in [5.41, 5.74) is 2.44. The number of amides is 1. The molecule has 0 unspecified atom stereocenters. The van der Waals surface area contributed by atoms with Crippen LogP contribution in [-0.4, -0.2) is 23.4 Å². The number of para-hydroxylation sites is 1. The van der Waals surface area contributed by atoms with E-state index in [2.05, 4.69) is 5.32 Å². The molecule has 0 bridgehead atoms. The first-order chi connectivity index (χ1) is 14.0. The highest BCUT2D eigenvalue weighted by Crippen LogP contribution is 2.24. The number of nitro benzene ring substituents is 1. The van der Waals surface area contributed by atoms with Crippen LogP contribution in [0.5, 0.6) is 0 Å². The maximum atomic E-state index is 12.2. The van der Waals surface area contributed by atoms with Gasteiger partial charge in [0.2, 0.25) is 0 Å². The summed E-state index contributed by atoms with van der Waals surface area (Å²) < 4.78 is 4.95. The van der Waals surface area contributed by atoms with Gasteiger partial charge >= 0.3 is 5.97 Å². The lowest BCUT2D eigenvalue weighted by Crippen LogP contribution is -2.21. The van der Waals surface area contributed by atoms with Crippen molar-refractivity contribution < 1.29 is 19.2 Å². The van der Waals surface area contributed by atoms with Crippen molar-refractivity contribution in [2.24, 2.45) is 0 Å². The van der Waals surface area contributed by atoms with Crippen molar-refractivity contribution in [2.45, 2.75) is 6.92 Å². The van der Waals surface area contributed by atoms with E-state index in [1.165, 1.54) is 25.1 Å². The lowest BCUT2D eigenvalue weighted by Gasteiger charge is -2.08. The third-order valence-electron chi connectivity index (χ3n) is 4.25. The molecule has 0 aromatic heterocycles. The van der Waals surface area contributed by atoms with Crippen molar-refractivity contribution in [3.8, 4) is 11.1 Å². The van der Waals surface area contributed by atoms with Crippen molar-refractivity contribution in [3.63, 3.8) is 0 Å². The predicted molar refractivity (Wildman–Crippen MR) is 109 cm³/mol. The summed E-state index contributed by atoms with van der Waals surface area (Å²) in [6.45, 7) is 0.977. The molecule has 7 heteroatoms. The number of anilines is 1. The van der Waals surface area contributed by atoms with Gasteiger partial charge < -0.3 is 10.1 Å². The molecule has 0 aliphatic carbocycles. The number of carbonyl (C=O) groups excluding carboxylic acids is 2. The van der Waals surface area contributed by atoms with Crippen LogP contribution in [0.2, 0.25) is 0 Å². The summed E-state index contributed by atoms with van der Waals surface area (Å²) in [5, 5.41) is 13.8. The Kier molecular flexibility index (Phi) is 5.99. The van der Waals surface area contributed by atoms with Crippen LogP contribution in [0.15, 0.2) is 72.8 Å². The Hall–Kier alpha value is -4.00. The van der Waals surface area contributed by atoms with Crippen LogP contribution in [0.4, 0.5) is 11.4 Å². The summed E-state index contributed by atoms with van der Waals surface area (Å²) in [4.78, 5) is 34.8. The first kappa shape index (κ1) is 19.8. The van der Waals surface area contributed by atoms with Crippen LogP contribution >= 0.6 is 0 Å².